The second kappa shape index (κ2) is 3.55. The Morgan fingerprint density at radius 2 is 2.30 bits per heavy atom. The molecule has 0 radical (unpaired) electrons. The SMILES string of the molecule is C=C(/C=C\C)S(=C)(=O)NN. The zero-order chi connectivity index (χ0) is 8.20. The molecule has 0 saturated heterocycles. The number of hydrazine groups is 1. The lowest BCUT2D eigenvalue weighted by atomic mass is 10.5. The van der Waals surface area contributed by atoms with Crippen LogP contribution in [0.25, 0.3) is 0 Å². The fraction of sp³-hybridized carbons (Fsp3) is 0.167. The van der Waals surface area contributed by atoms with E-state index in [1.54, 1.807) is 19.1 Å². The molecule has 3 nitrogen and oxygen atoms in total. The molecule has 4 heteroatoms. The Morgan fingerprint density at radius 1 is 1.80 bits per heavy atom. The van der Waals surface area contributed by atoms with Crippen molar-refractivity contribution < 1.29 is 4.21 Å². The van der Waals surface area contributed by atoms with E-state index in [0.717, 1.165) is 0 Å². The lowest BCUT2D eigenvalue weighted by molar-refractivity contribution is 0.677. The first kappa shape index (κ1) is 9.42. The molecule has 0 amide bonds. The van der Waals surface area contributed by atoms with Crippen molar-refractivity contribution in [2.75, 3.05) is 0 Å². The maximum atomic E-state index is 11.1. The number of rotatable bonds is 3. The molecule has 0 fully saturated rings. The molecule has 1 unspecified atom stereocenters. The van der Waals surface area contributed by atoms with Gasteiger partial charge in [-0.25, -0.2) is 4.21 Å². The van der Waals surface area contributed by atoms with Crippen LogP contribution < -0.4 is 10.7 Å². The maximum Gasteiger partial charge on any atom is 0.0653 e. The first-order valence-corrected chi connectivity index (χ1v) is 4.43. The smallest absolute Gasteiger partial charge is 0.0653 e. The van der Waals surface area contributed by atoms with Crippen molar-refractivity contribution in [3.63, 3.8) is 0 Å². The number of allylic oxidation sites excluding steroid dienone is 2. The van der Waals surface area contributed by atoms with Gasteiger partial charge in [-0.2, -0.15) is 4.83 Å². The van der Waals surface area contributed by atoms with Gasteiger partial charge in [-0.3, -0.25) is 5.84 Å². The normalized spacial score (nSPS) is 17.0. The quantitative estimate of drug-likeness (QED) is 0.268. The second-order valence-corrected chi connectivity index (χ2v) is 3.87. The van der Waals surface area contributed by atoms with Crippen molar-refractivity contribution in [1.82, 2.24) is 4.83 Å². The van der Waals surface area contributed by atoms with E-state index in [9.17, 15) is 4.21 Å². The lowest BCUT2D eigenvalue weighted by Gasteiger charge is -2.04. The van der Waals surface area contributed by atoms with Crippen LogP contribution in [0.2, 0.25) is 0 Å². The maximum absolute atomic E-state index is 11.1. The summed E-state index contributed by atoms with van der Waals surface area (Å²) in [6, 6.07) is 0. The molecule has 0 rings (SSSR count). The number of hydrogen-bond acceptors (Lipinski definition) is 2. The van der Waals surface area contributed by atoms with E-state index < -0.39 is 9.71 Å². The molecule has 0 aliphatic carbocycles. The van der Waals surface area contributed by atoms with Crippen molar-refractivity contribution >= 4 is 15.6 Å². The molecule has 0 saturated carbocycles. The first-order valence-electron chi connectivity index (χ1n) is 2.71. The Labute approximate surface area is 61.7 Å². The Bertz CT molecular complexity index is 238. The summed E-state index contributed by atoms with van der Waals surface area (Å²) in [7, 11) is -2.51. The van der Waals surface area contributed by atoms with Crippen molar-refractivity contribution in [2.45, 2.75) is 6.92 Å². The van der Waals surface area contributed by atoms with E-state index in [2.05, 4.69) is 17.3 Å². The van der Waals surface area contributed by atoms with E-state index in [4.69, 9.17) is 5.84 Å². The van der Waals surface area contributed by atoms with Gasteiger partial charge in [0.15, 0.2) is 0 Å². The monoisotopic (exact) mass is 160 g/mol. The number of nitrogens with one attached hydrogen (secondary N) is 1. The highest BCUT2D eigenvalue weighted by atomic mass is 32.2. The Hall–Kier alpha value is -0.580. The van der Waals surface area contributed by atoms with E-state index in [1.165, 1.54) is 0 Å². The second-order valence-electron chi connectivity index (χ2n) is 1.76. The van der Waals surface area contributed by atoms with Gasteiger partial charge in [0.1, 0.15) is 0 Å². The Morgan fingerprint density at radius 3 is 2.60 bits per heavy atom. The summed E-state index contributed by atoms with van der Waals surface area (Å²) >= 11 is 0. The van der Waals surface area contributed by atoms with E-state index in [-0.39, 0.29) is 0 Å². The molecule has 58 valence electrons. The lowest BCUT2D eigenvalue weighted by Crippen LogP contribution is -2.30. The Kier molecular flexibility index (Phi) is 3.35. The van der Waals surface area contributed by atoms with Gasteiger partial charge in [-0.05, 0) is 12.8 Å². The van der Waals surface area contributed by atoms with Gasteiger partial charge in [-0.15, -0.1) is 0 Å². The summed E-state index contributed by atoms with van der Waals surface area (Å²) in [5.41, 5.74) is 0. The van der Waals surface area contributed by atoms with E-state index in [0.29, 0.717) is 4.91 Å². The van der Waals surface area contributed by atoms with Crippen LogP contribution in [0.15, 0.2) is 23.6 Å². The van der Waals surface area contributed by atoms with E-state index >= 15 is 0 Å². The van der Waals surface area contributed by atoms with Crippen LogP contribution in [0, 0.1) is 0 Å². The van der Waals surface area contributed by atoms with E-state index in [1.807, 2.05) is 0 Å². The molecule has 10 heavy (non-hydrogen) atoms. The summed E-state index contributed by atoms with van der Waals surface area (Å²) in [6.07, 6.45) is 3.33. The molecular weight excluding hydrogens is 148 g/mol. The van der Waals surface area contributed by atoms with Crippen LogP contribution in [-0.2, 0) is 9.71 Å². The molecular formula is C6H12N2OS. The third-order valence-corrected chi connectivity index (χ3v) is 2.33. The molecule has 1 atom stereocenters. The molecule has 0 aliphatic heterocycles. The standard InChI is InChI=1S/C6H12N2OS/c1-4-5-6(2)10(3,9)8-7/h4-5H,2-3,7H2,1H3,(H,8,9)/b5-4-. The fourth-order valence-electron chi connectivity index (χ4n) is 0.371. The fourth-order valence-corrected chi connectivity index (χ4v) is 0.879. The summed E-state index contributed by atoms with van der Waals surface area (Å²) in [6.45, 7) is 5.32. The zero-order valence-electron chi connectivity index (χ0n) is 5.96. The van der Waals surface area contributed by atoms with Gasteiger partial charge in [-0.1, -0.05) is 18.7 Å². The van der Waals surface area contributed by atoms with Gasteiger partial charge in [0.05, 0.1) is 9.71 Å². The summed E-state index contributed by atoms with van der Waals surface area (Å²) < 4.78 is 11.1. The van der Waals surface area contributed by atoms with Crippen LogP contribution >= 0.6 is 0 Å². The molecule has 0 bridgehead atoms. The van der Waals surface area contributed by atoms with Crippen LogP contribution in [-0.4, -0.2) is 10.1 Å². The summed E-state index contributed by atoms with van der Waals surface area (Å²) in [5, 5.41) is 0. The van der Waals surface area contributed by atoms with Gasteiger partial charge in [0.25, 0.3) is 0 Å². The van der Waals surface area contributed by atoms with Crippen LogP contribution in [0.1, 0.15) is 6.92 Å². The highest BCUT2D eigenvalue weighted by molar-refractivity contribution is 8.02. The largest absolute Gasteiger partial charge is 0.260 e. The minimum Gasteiger partial charge on any atom is -0.260 e. The topological polar surface area (TPSA) is 55.1 Å². The van der Waals surface area contributed by atoms with Gasteiger partial charge >= 0.3 is 0 Å². The van der Waals surface area contributed by atoms with Crippen molar-refractivity contribution in [3.8, 4) is 0 Å². The zero-order valence-corrected chi connectivity index (χ0v) is 6.78. The first-order chi connectivity index (χ1) is 4.54. The average molecular weight is 160 g/mol. The van der Waals surface area contributed by atoms with Crippen LogP contribution in [0.3, 0.4) is 0 Å². The molecule has 0 aliphatic rings. The molecule has 0 aromatic carbocycles. The van der Waals surface area contributed by atoms with Crippen LogP contribution in [0.4, 0.5) is 0 Å². The summed E-state index contributed by atoms with van der Waals surface area (Å²) in [5.74, 6) is 8.30. The summed E-state index contributed by atoms with van der Waals surface area (Å²) in [4.78, 5) is 2.49. The van der Waals surface area contributed by atoms with Crippen molar-refractivity contribution in [3.05, 3.63) is 23.6 Å². The number of hydrogen-bond donors (Lipinski definition) is 2. The van der Waals surface area contributed by atoms with Gasteiger partial charge in [0.2, 0.25) is 0 Å². The van der Waals surface area contributed by atoms with Gasteiger partial charge in [0, 0.05) is 4.91 Å². The minimum atomic E-state index is -2.51. The van der Waals surface area contributed by atoms with Crippen molar-refractivity contribution in [1.29, 1.82) is 0 Å². The molecule has 0 heterocycles. The molecule has 3 N–H and O–H groups in total. The molecule has 0 spiro atoms. The predicted octanol–water partition coefficient (Wildman–Crippen LogP) is 0.171. The third-order valence-electron chi connectivity index (χ3n) is 0.966. The molecule has 0 aromatic rings. The predicted molar refractivity (Wildman–Crippen MR) is 46.5 cm³/mol. The van der Waals surface area contributed by atoms with Gasteiger partial charge < -0.3 is 0 Å². The highest BCUT2D eigenvalue weighted by Crippen LogP contribution is 2.00. The third kappa shape index (κ3) is 2.34. The number of nitrogens with two attached hydrogens (primary N) is 1. The molecule has 0 aromatic heterocycles. The minimum absolute atomic E-state index is 0.400. The highest BCUT2D eigenvalue weighted by Gasteiger charge is 2.00. The van der Waals surface area contributed by atoms with Crippen LogP contribution in [0.5, 0.6) is 0 Å². The average Bonchev–Trinajstić information content (AvgIpc) is 1.89. The Balaban J connectivity index is 4.52. The van der Waals surface area contributed by atoms with Crippen molar-refractivity contribution in [2.24, 2.45) is 5.84 Å².